The minimum absolute atomic E-state index is 0.574. The maximum Gasteiger partial charge on any atom is 0.212 e. The van der Waals surface area contributed by atoms with Gasteiger partial charge in [0.05, 0.1) is 7.11 Å². The van der Waals surface area contributed by atoms with E-state index in [0.29, 0.717) is 18.2 Å². The minimum Gasteiger partial charge on any atom is -0.481 e. The van der Waals surface area contributed by atoms with Crippen molar-refractivity contribution in [1.29, 1.82) is 0 Å². The molecule has 1 aromatic carbocycles. The van der Waals surface area contributed by atoms with Gasteiger partial charge in [0.25, 0.3) is 0 Å². The van der Waals surface area contributed by atoms with Crippen LogP contribution in [0, 0.1) is 0 Å². The molecule has 0 saturated heterocycles. The van der Waals surface area contributed by atoms with Crippen molar-refractivity contribution in [2.75, 3.05) is 12.4 Å². The lowest BCUT2D eigenvalue weighted by Crippen LogP contribution is -2.00. The summed E-state index contributed by atoms with van der Waals surface area (Å²) in [6, 6.07) is 11.7. The number of ether oxygens (including phenoxy) is 1. The lowest BCUT2D eigenvalue weighted by Gasteiger charge is -2.07. The molecule has 0 radical (unpaired) electrons. The van der Waals surface area contributed by atoms with Crippen molar-refractivity contribution in [1.82, 2.24) is 25.6 Å². The largest absolute Gasteiger partial charge is 0.481 e. The lowest BCUT2D eigenvalue weighted by atomic mass is 10.2. The number of rotatable bonds is 5. The van der Waals surface area contributed by atoms with E-state index in [4.69, 9.17) is 4.74 Å². The molecular formula is C14H14N6O. The van der Waals surface area contributed by atoms with Crippen LogP contribution in [-0.4, -0.2) is 32.7 Å². The number of aromatic amines is 1. The third-order valence-electron chi connectivity index (χ3n) is 2.97. The van der Waals surface area contributed by atoms with Crippen molar-refractivity contribution in [3.8, 4) is 17.3 Å². The molecule has 7 nitrogen and oxygen atoms in total. The summed E-state index contributed by atoms with van der Waals surface area (Å²) in [5, 5.41) is 17.3. The third kappa shape index (κ3) is 3.14. The number of aromatic nitrogens is 5. The van der Waals surface area contributed by atoms with E-state index in [1.165, 1.54) is 0 Å². The molecule has 0 atom stereocenters. The van der Waals surface area contributed by atoms with Gasteiger partial charge in [-0.15, -0.1) is 10.2 Å². The van der Waals surface area contributed by atoms with Gasteiger partial charge in [0.2, 0.25) is 11.7 Å². The predicted octanol–water partition coefficient (Wildman–Crippen LogP) is 1.88. The number of nitrogens with one attached hydrogen (secondary N) is 2. The average molecular weight is 282 g/mol. The Kier molecular flexibility index (Phi) is 3.72. The van der Waals surface area contributed by atoms with Crippen LogP contribution < -0.4 is 10.1 Å². The quantitative estimate of drug-likeness (QED) is 0.742. The summed E-state index contributed by atoms with van der Waals surface area (Å²) < 4.78 is 5.03. The molecule has 0 amide bonds. The Morgan fingerprint density at radius 2 is 2.19 bits per heavy atom. The lowest BCUT2D eigenvalue weighted by molar-refractivity contribution is 0.397. The van der Waals surface area contributed by atoms with Gasteiger partial charge in [0.1, 0.15) is 0 Å². The average Bonchev–Trinajstić information content (AvgIpc) is 3.08. The fourth-order valence-electron chi connectivity index (χ4n) is 1.89. The molecule has 0 bridgehead atoms. The molecule has 3 rings (SSSR count). The highest BCUT2D eigenvalue weighted by molar-refractivity contribution is 5.61. The Morgan fingerprint density at radius 3 is 2.90 bits per heavy atom. The summed E-state index contributed by atoms with van der Waals surface area (Å²) in [4.78, 5) is 4.17. The molecule has 0 saturated carbocycles. The number of tetrazole rings is 1. The summed E-state index contributed by atoms with van der Waals surface area (Å²) in [5.41, 5.74) is 2.95. The summed E-state index contributed by atoms with van der Waals surface area (Å²) in [6.45, 7) is 0.673. The van der Waals surface area contributed by atoms with E-state index in [1.54, 1.807) is 13.3 Å². The summed E-state index contributed by atoms with van der Waals surface area (Å²) >= 11 is 0. The van der Waals surface area contributed by atoms with Crippen molar-refractivity contribution in [3.05, 3.63) is 48.2 Å². The van der Waals surface area contributed by atoms with Gasteiger partial charge in [0.15, 0.2) is 0 Å². The van der Waals surface area contributed by atoms with Gasteiger partial charge < -0.3 is 10.1 Å². The van der Waals surface area contributed by atoms with Crippen LogP contribution in [0.5, 0.6) is 5.88 Å². The van der Waals surface area contributed by atoms with Crippen LogP contribution in [-0.2, 0) is 6.54 Å². The fraction of sp³-hybridized carbons (Fsp3) is 0.143. The Morgan fingerprint density at radius 1 is 1.24 bits per heavy atom. The SMILES string of the molecule is COc1ccc(CNc2cccc(-c3nn[nH]n3)c2)cn1. The van der Waals surface area contributed by atoms with E-state index in [1.807, 2.05) is 36.4 Å². The zero-order valence-electron chi connectivity index (χ0n) is 11.4. The van der Waals surface area contributed by atoms with E-state index in [0.717, 1.165) is 16.8 Å². The molecule has 21 heavy (non-hydrogen) atoms. The Labute approximate surface area is 121 Å². The van der Waals surface area contributed by atoms with Gasteiger partial charge >= 0.3 is 0 Å². The third-order valence-corrected chi connectivity index (χ3v) is 2.97. The van der Waals surface area contributed by atoms with Crippen molar-refractivity contribution in [2.45, 2.75) is 6.54 Å². The van der Waals surface area contributed by atoms with Crippen LogP contribution in [0.3, 0.4) is 0 Å². The van der Waals surface area contributed by atoms with E-state index in [2.05, 4.69) is 30.9 Å². The highest BCUT2D eigenvalue weighted by Gasteiger charge is 2.03. The molecule has 106 valence electrons. The van der Waals surface area contributed by atoms with Gasteiger partial charge in [-0.05, 0) is 22.9 Å². The number of anilines is 1. The molecule has 2 aromatic heterocycles. The Bertz CT molecular complexity index is 696. The summed E-state index contributed by atoms with van der Waals surface area (Å²) in [5.74, 6) is 1.18. The molecule has 0 spiro atoms. The van der Waals surface area contributed by atoms with Gasteiger partial charge in [-0.3, -0.25) is 0 Å². The maximum atomic E-state index is 5.03. The first kappa shape index (κ1) is 13.0. The first-order chi connectivity index (χ1) is 10.3. The van der Waals surface area contributed by atoms with Gasteiger partial charge in [-0.2, -0.15) is 5.21 Å². The number of H-pyrrole nitrogens is 1. The number of hydrogen-bond acceptors (Lipinski definition) is 6. The molecule has 0 aliphatic rings. The van der Waals surface area contributed by atoms with Crippen LogP contribution in [0.25, 0.3) is 11.4 Å². The van der Waals surface area contributed by atoms with E-state index >= 15 is 0 Å². The fourth-order valence-corrected chi connectivity index (χ4v) is 1.89. The molecule has 0 aliphatic carbocycles. The Hall–Kier alpha value is -2.96. The Balaban J connectivity index is 1.68. The van der Waals surface area contributed by atoms with Crippen LogP contribution in [0.2, 0.25) is 0 Å². The summed E-state index contributed by atoms with van der Waals surface area (Å²) in [6.07, 6.45) is 1.79. The summed E-state index contributed by atoms with van der Waals surface area (Å²) in [7, 11) is 1.60. The van der Waals surface area contributed by atoms with E-state index in [-0.39, 0.29) is 0 Å². The highest BCUT2D eigenvalue weighted by atomic mass is 16.5. The molecule has 0 unspecified atom stereocenters. The molecule has 0 aliphatic heterocycles. The van der Waals surface area contributed by atoms with Crippen LogP contribution in [0.1, 0.15) is 5.56 Å². The number of benzene rings is 1. The number of pyridine rings is 1. The molecule has 2 heterocycles. The molecule has 2 N–H and O–H groups in total. The van der Waals surface area contributed by atoms with Crippen LogP contribution >= 0.6 is 0 Å². The van der Waals surface area contributed by atoms with Gasteiger partial charge in [0, 0.05) is 30.1 Å². The van der Waals surface area contributed by atoms with Crippen LogP contribution in [0.4, 0.5) is 5.69 Å². The molecular weight excluding hydrogens is 268 g/mol. The normalized spacial score (nSPS) is 10.3. The maximum absolute atomic E-state index is 5.03. The van der Waals surface area contributed by atoms with Crippen molar-refractivity contribution in [2.24, 2.45) is 0 Å². The zero-order valence-corrected chi connectivity index (χ0v) is 11.4. The second kappa shape index (κ2) is 6.00. The topological polar surface area (TPSA) is 88.6 Å². The smallest absolute Gasteiger partial charge is 0.212 e. The first-order valence-electron chi connectivity index (χ1n) is 6.42. The monoisotopic (exact) mass is 282 g/mol. The van der Waals surface area contributed by atoms with Crippen molar-refractivity contribution < 1.29 is 4.74 Å². The van der Waals surface area contributed by atoms with Gasteiger partial charge in [-0.1, -0.05) is 18.2 Å². The van der Waals surface area contributed by atoms with E-state index in [9.17, 15) is 0 Å². The molecule has 3 aromatic rings. The molecule has 0 fully saturated rings. The minimum atomic E-state index is 0.574. The number of methoxy groups -OCH3 is 1. The predicted molar refractivity (Wildman–Crippen MR) is 77.7 cm³/mol. The zero-order chi connectivity index (χ0) is 14.5. The number of nitrogens with zero attached hydrogens (tertiary/aromatic N) is 4. The highest BCUT2D eigenvalue weighted by Crippen LogP contribution is 2.19. The number of hydrogen-bond donors (Lipinski definition) is 2. The van der Waals surface area contributed by atoms with Crippen LogP contribution in [0.15, 0.2) is 42.6 Å². The standard InChI is InChI=1S/C14H14N6O/c1-21-13-6-5-10(9-16-13)8-15-12-4-2-3-11(7-12)14-17-19-20-18-14/h2-7,9,15H,8H2,1H3,(H,17,18,19,20). The second-order valence-electron chi connectivity index (χ2n) is 4.38. The van der Waals surface area contributed by atoms with Crippen molar-refractivity contribution in [3.63, 3.8) is 0 Å². The second-order valence-corrected chi connectivity index (χ2v) is 4.38. The van der Waals surface area contributed by atoms with E-state index < -0.39 is 0 Å². The molecule has 7 heteroatoms. The first-order valence-corrected chi connectivity index (χ1v) is 6.42. The van der Waals surface area contributed by atoms with Gasteiger partial charge in [-0.25, -0.2) is 4.98 Å². The van der Waals surface area contributed by atoms with Crippen molar-refractivity contribution >= 4 is 5.69 Å².